The normalized spacial score (nSPS) is 18.9. The Morgan fingerprint density at radius 2 is 2.05 bits per heavy atom. The maximum Gasteiger partial charge on any atom is 0.303 e. The number of carbonyl (C=O) groups is 3. The van der Waals surface area contributed by atoms with E-state index in [-0.39, 0.29) is 43.7 Å². The minimum Gasteiger partial charge on any atom is -0.481 e. The first-order valence-electron chi connectivity index (χ1n) is 6.81. The molecule has 0 aliphatic carbocycles. The van der Waals surface area contributed by atoms with E-state index in [0.717, 1.165) is 0 Å². The van der Waals surface area contributed by atoms with Crippen LogP contribution in [0.3, 0.4) is 0 Å². The van der Waals surface area contributed by atoms with Crippen molar-refractivity contribution in [1.29, 1.82) is 0 Å². The third-order valence-electron chi connectivity index (χ3n) is 2.96. The zero-order valence-corrected chi connectivity index (χ0v) is 11.9. The predicted octanol–water partition coefficient (Wildman–Crippen LogP) is -0.00670. The molecule has 0 aromatic rings. The highest BCUT2D eigenvalue weighted by Gasteiger charge is 2.32. The maximum absolute atomic E-state index is 12.1. The lowest BCUT2D eigenvalue weighted by Crippen LogP contribution is -2.56. The molecule has 2 amide bonds. The first kappa shape index (κ1) is 16.4. The number of nitrogens with one attached hydrogen (secondary N) is 1. The molecule has 2 N–H and O–H groups in total. The minimum absolute atomic E-state index is 0.00612. The summed E-state index contributed by atoms with van der Waals surface area (Å²) in [5.74, 6) is -1.35. The van der Waals surface area contributed by atoms with Crippen LogP contribution in [0.4, 0.5) is 0 Å². The van der Waals surface area contributed by atoms with E-state index in [9.17, 15) is 14.4 Å². The number of nitrogens with zero attached hydrogens (tertiary/aromatic N) is 1. The van der Waals surface area contributed by atoms with Crippen molar-refractivity contribution in [2.24, 2.45) is 0 Å². The largest absolute Gasteiger partial charge is 0.481 e. The van der Waals surface area contributed by atoms with Crippen LogP contribution in [-0.4, -0.2) is 59.6 Å². The average Bonchev–Trinajstić information content (AvgIpc) is 2.37. The molecule has 0 aromatic carbocycles. The van der Waals surface area contributed by atoms with Crippen LogP contribution in [0.2, 0.25) is 0 Å². The molecule has 114 valence electrons. The summed E-state index contributed by atoms with van der Waals surface area (Å²) in [5.41, 5.74) is 0. The summed E-state index contributed by atoms with van der Waals surface area (Å²) in [5, 5.41) is 11.3. The summed E-state index contributed by atoms with van der Waals surface area (Å²) >= 11 is 0. The molecule has 0 saturated carbocycles. The summed E-state index contributed by atoms with van der Waals surface area (Å²) in [6.07, 6.45) is 0.376. The zero-order valence-electron chi connectivity index (χ0n) is 11.9. The molecule has 1 heterocycles. The molecule has 0 spiro atoms. The van der Waals surface area contributed by atoms with Crippen LogP contribution in [0.5, 0.6) is 0 Å². The van der Waals surface area contributed by atoms with E-state index in [1.807, 2.05) is 13.8 Å². The number of hydrogen-bond acceptors (Lipinski definition) is 4. The number of carboxylic acid groups (broad SMARTS) is 1. The van der Waals surface area contributed by atoms with Gasteiger partial charge in [0, 0.05) is 25.4 Å². The van der Waals surface area contributed by atoms with E-state index in [2.05, 4.69) is 5.32 Å². The molecule has 1 saturated heterocycles. The van der Waals surface area contributed by atoms with Gasteiger partial charge in [0.25, 0.3) is 0 Å². The van der Waals surface area contributed by atoms with Gasteiger partial charge in [-0.1, -0.05) is 0 Å². The van der Waals surface area contributed by atoms with Crippen molar-refractivity contribution in [2.45, 2.75) is 45.2 Å². The summed E-state index contributed by atoms with van der Waals surface area (Å²) < 4.78 is 5.26. The van der Waals surface area contributed by atoms with E-state index < -0.39 is 12.0 Å². The number of carboxylic acids is 1. The minimum atomic E-state index is -0.922. The van der Waals surface area contributed by atoms with Crippen LogP contribution < -0.4 is 5.32 Å². The highest BCUT2D eigenvalue weighted by atomic mass is 16.5. The number of hydrogen-bond donors (Lipinski definition) is 2. The molecule has 1 atom stereocenters. The Morgan fingerprint density at radius 3 is 2.65 bits per heavy atom. The van der Waals surface area contributed by atoms with Gasteiger partial charge < -0.3 is 20.1 Å². The van der Waals surface area contributed by atoms with E-state index in [4.69, 9.17) is 9.84 Å². The molecule has 7 heteroatoms. The lowest BCUT2D eigenvalue weighted by atomic mass is 10.1. The van der Waals surface area contributed by atoms with Gasteiger partial charge in [-0.15, -0.1) is 0 Å². The molecule has 7 nitrogen and oxygen atoms in total. The van der Waals surface area contributed by atoms with Gasteiger partial charge in [0.1, 0.15) is 6.04 Å². The van der Waals surface area contributed by atoms with Crippen molar-refractivity contribution in [2.75, 3.05) is 19.8 Å². The smallest absolute Gasteiger partial charge is 0.303 e. The fraction of sp³-hybridized carbons (Fsp3) is 0.769. The first-order valence-corrected chi connectivity index (χ1v) is 6.81. The van der Waals surface area contributed by atoms with Gasteiger partial charge in [-0.3, -0.25) is 14.4 Å². The lowest BCUT2D eigenvalue weighted by molar-refractivity contribution is -0.149. The van der Waals surface area contributed by atoms with E-state index in [1.165, 1.54) is 4.90 Å². The van der Waals surface area contributed by atoms with Crippen molar-refractivity contribution in [1.82, 2.24) is 10.2 Å². The average molecular weight is 286 g/mol. The molecular weight excluding hydrogens is 264 g/mol. The van der Waals surface area contributed by atoms with Crippen LogP contribution in [0, 0.1) is 0 Å². The van der Waals surface area contributed by atoms with Crippen LogP contribution >= 0.6 is 0 Å². The Bertz CT molecular complexity index is 370. The molecule has 1 rings (SSSR count). The second-order valence-corrected chi connectivity index (χ2v) is 5.09. The molecule has 1 unspecified atom stereocenters. The Hall–Kier alpha value is -1.63. The van der Waals surface area contributed by atoms with Gasteiger partial charge in [0.05, 0.1) is 13.2 Å². The lowest BCUT2D eigenvalue weighted by Gasteiger charge is -2.35. The highest BCUT2D eigenvalue weighted by molar-refractivity contribution is 5.88. The molecule has 0 radical (unpaired) electrons. The molecular formula is C13H22N2O5. The van der Waals surface area contributed by atoms with Crippen molar-refractivity contribution in [3.63, 3.8) is 0 Å². The highest BCUT2D eigenvalue weighted by Crippen LogP contribution is 2.11. The third kappa shape index (κ3) is 5.16. The fourth-order valence-electron chi connectivity index (χ4n) is 2.03. The van der Waals surface area contributed by atoms with Gasteiger partial charge in [0.2, 0.25) is 11.8 Å². The van der Waals surface area contributed by atoms with Crippen molar-refractivity contribution >= 4 is 17.8 Å². The Balaban J connectivity index is 2.56. The van der Waals surface area contributed by atoms with Crippen LogP contribution in [-0.2, 0) is 19.1 Å². The predicted molar refractivity (Wildman–Crippen MR) is 71.1 cm³/mol. The first-order chi connectivity index (χ1) is 9.41. The number of aliphatic carboxylic acids is 1. The third-order valence-corrected chi connectivity index (χ3v) is 2.96. The quantitative estimate of drug-likeness (QED) is 0.716. The second-order valence-electron chi connectivity index (χ2n) is 5.09. The Morgan fingerprint density at radius 1 is 1.35 bits per heavy atom. The topological polar surface area (TPSA) is 95.9 Å². The van der Waals surface area contributed by atoms with Gasteiger partial charge >= 0.3 is 5.97 Å². The Kier molecular flexibility index (Phi) is 6.44. The van der Waals surface area contributed by atoms with Gasteiger partial charge in [-0.2, -0.15) is 0 Å². The number of amides is 2. The van der Waals surface area contributed by atoms with Crippen LogP contribution in [0.1, 0.15) is 33.1 Å². The van der Waals surface area contributed by atoms with Crippen LogP contribution in [0.15, 0.2) is 0 Å². The Labute approximate surface area is 118 Å². The summed E-state index contributed by atoms with van der Waals surface area (Å²) in [4.78, 5) is 36.0. The van der Waals surface area contributed by atoms with Crippen molar-refractivity contribution in [3.05, 3.63) is 0 Å². The zero-order chi connectivity index (χ0) is 15.1. The molecule has 1 aliphatic heterocycles. The van der Waals surface area contributed by atoms with Gasteiger partial charge in [0.15, 0.2) is 0 Å². The summed E-state index contributed by atoms with van der Waals surface area (Å²) in [6.45, 7) is 4.64. The van der Waals surface area contributed by atoms with E-state index in [0.29, 0.717) is 13.2 Å². The standard InChI is InChI=1S/C13H22N2O5/c1-9(2)14-13(19)10-8-20-7-6-15(10)11(16)4-3-5-12(17)18/h9-10H,3-8H2,1-2H3,(H,14,19)(H,17,18). The maximum atomic E-state index is 12.1. The number of morpholine rings is 1. The SMILES string of the molecule is CC(C)NC(=O)C1COCCN1C(=O)CCCC(=O)O. The van der Waals surface area contributed by atoms with Crippen molar-refractivity contribution < 1.29 is 24.2 Å². The van der Waals surface area contributed by atoms with E-state index in [1.54, 1.807) is 0 Å². The molecule has 20 heavy (non-hydrogen) atoms. The number of carbonyl (C=O) groups excluding carboxylic acids is 2. The molecule has 1 fully saturated rings. The van der Waals surface area contributed by atoms with Gasteiger partial charge in [-0.05, 0) is 20.3 Å². The van der Waals surface area contributed by atoms with Crippen LogP contribution in [0.25, 0.3) is 0 Å². The van der Waals surface area contributed by atoms with Crippen molar-refractivity contribution in [3.8, 4) is 0 Å². The number of rotatable bonds is 6. The fourth-order valence-corrected chi connectivity index (χ4v) is 2.03. The van der Waals surface area contributed by atoms with E-state index >= 15 is 0 Å². The monoisotopic (exact) mass is 286 g/mol. The summed E-state index contributed by atoms with van der Waals surface area (Å²) in [6, 6.07) is -0.628. The number of ether oxygens (including phenoxy) is 1. The molecule has 0 bridgehead atoms. The molecule has 1 aliphatic rings. The summed E-state index contributed by atoms with van der Waals surface area (Å²) in [7, 11) is 0. The van der Waals surface area contributed by atoms with Gasteiger partial charge in [-0.25, -0.2) is 0 Å². The second kappa shape index (κ2) is 7.84. The molecule has 0 aromatic heterocycles.